The van der Waals surface area contributed by atoms with Crippen LogP contribution in [0.25, 0.3) is 0 Å². The lowest BCUT2D eigenvalue weighted by molar-refractivity contribution is -0.124. The maximum absolute atomic E-state index is 11.5. The molecule has 3 heteroatoms. The molecular weight excluding hydrogens is 188 g/mol. The van der Waals surface area contributed by atoms with Gasteiger partial charge in [0, 0.05) is 12.5 Å². The topological polar surface area (TPSA) is 55.1 Å². The minimum absolute atomic E-state index is 0.111. The van der Waals surface area contributed by atoms with Crippen molar-refractivity contribution in [2.24, 2.45) is 11.7 Å². The zero-order chi connectivity index (χ0) is 11.5. The molecule has 3 N–H and O–H groups in total. The van der Waals surface area contributed by atoms with Crippen molar-refractivity contribution in [1.82, 2.24) is 5.32 Å². The van der Waals surface area contributed by atoms with Crippen LogP contribution in [-0.4, -0.2) is 19.0 Å². The highest BCUT2D eigenvalue weighted by molar-refractivity contribution is 5.78. The van der Waals surface area contributed by atoms with E-state index in [0.717, 1.165) is 25.8 Å². The number of rotatable bonds is 9. The van der Waals surface area contributed by atoms with E-state index in [9.17, 15) is 4.79 Å². The van der Waals surface area contributed by atoms with Crippen LogP contribution in [0, 0.1) is 5.92 Å². The van der Waals surface area contributed by atoms with Crippen molar-refractivity contribution in [3.63, 3.8) is 0 Å². The molecule has 0 aromatic heterocycles. The summed E-state index contributed by atoms with van der Waals surface area (Å²) in [6.45, 7) is 5.66. The molecule has 0 aliphatic carbocycles. The van der Waals surface area contributed by atoms with Gasteiger partial charge in [0.25, 0.3) is 0 Å². The summed E-state index contributed by atoms with van der Waals surface area (Å²) < 4.78 is 0. The molecule has 0 saturated heterocycles. The van der Waals surface area contributed by atoms with Crippen LogP contribution in [0.2, 0.25) is 0 Å². The van der Waals surface area contributed by atoms with Gasteiger partial charge in [-0.15, -0.1) is 0 Å². The molecule has 1 amide bonds. The fraction of sp³-hybridized carbons (Fsp3) is 0.917. The predicted molar refractivity (Wildman–Crippen MR) is 64.6 cm³/mol. The van der Waals surface area contributed by atoms with E-state index in [1.807, 2.05) is 6.92 Å². The highest BCUT2D eigenvalue weighted by Crippen LogP contribution is 2.04. The first-order chi connectivity index (χ1) is 7.22. The lowest BCUT2D eigenvalue weighted by Gasteiger charge is -2.11. The molecule has 3 nitrogen and oxygen atoms in total. The van der Waals surface area contributed by atoms with Crippen LogP contribution < -0.4 is 11.1 Å². The maximum atomic E-state index is 11.5. The molecule has 15 heavy (non-hydrogen) atoms. The van der Waals surface area contributed by atoms with Gasteiger partial charge in [0.05, 0.1) is 0 Å². The standard InChI is InChI=1S/C12H26N2O/c1-3-4-5-6-10-14-12(15)11(2)8-7-9-13/h11H,3-10,13H2,1-2H3,(H,14,15). The first-order valence-corrected chi connectivity index (χ1v) is 6.20. The van der Waals surface area contributed by atoms with Crippen LogP contribution >= 0.6 is 0 Å². The summed E-state index contributed by atoms with van der Waals surface area (Å²) in [6.07, 6.45) is 6.65. The second-order valence-corrected chi connectivity index (χ2v) is 4.18. The number of carbonyl (C=O) groups excluding carboxylic acids is 1. The molecule has 0 saturated carbocycles. The van der Waals surface area contributed by atoms with Gasteiger partial charge < -0.3 is 11.1 Å². The maximum Gasteiger partial charge on any atom is 0.222 e. The monoisotopic (exact) mass is 214 g/mol. The van der Waals surface area contributed by atoms with Crippen LogP contribution in [0.5, 0.6) is 0 Å². The molecule has 0 aromatic carbocycles. The number of carbonyl (C=O) groups is 1. The van der Waals surface area contributed by atoms with Crippen LogP contribution in [-0.2, 0) is 4.79 Å². The lowest BCUT2D eigenvalue weighted by Crippen LogP contribution is -2.30. The predicted octanol–water partition coefficient (Wildman–Crippen LogP) is 2.06. The van der Waals surface area contributed by atoms with E-state index in [2.05, 4.69) is 12.2 Å². The Labute approximate surface area is 93.8 Å². The molecule has 0 bridgehead atoms. The molecule has 90 valence electrons. The summed E-state index contributed by atoms with van der Waals surface area (Å²) >= 11 is 0. The Morgan fingerprint density at radius 2 is 2.00 bits per heavy atom. The lowest BCUT2D eigenvalue weighted by atomic mass is 10.0. The van der Waals surface area contributed by atoms with Gasteiger partial charge in [-0.1, -0.05) is 33.1 Å². The third-order valence-electron chi connectivity index (χ3n) is 2.62. The summed E-state index contributed by atoms with van der Waals surface area (Å²) in [5.74, 6) is 0.291. The van der Waals surface area contributed by atoms with Gasteiger partial charge in [0.1, 0.15) is 0 Å². The van der Waals surface area contributed by atoms with Gasteiger partial charge in [0.15, 0.2) is 0 Å². The van der Waals surface area contributed by atoms with E-state index in [4.69, 9.17) is 5.73 Å². The van der Waals surface area contributed by atoms with E-state index in [0.29, 0.717) is 6.54 Å². The first-order valence-electron chi connectivity index (χ1n) is 6.20. The highest BCUT2D eigenvalue weighted by Gasteiger charge is 2.10. The summed E-state index contributed by atoms with van der Waals surface area (Å²) in [6, 6.07) is 0. The van der Waals surface area contributed by atoms with Gasteiger partial charge in [-0.3, -0.25) is 4.79 Å². The molecule has 0 radical (unpaired) electrons. The zero-order valence-corrected chi connectivity index (χ0v) is 10.2. The molecule has 0 heterocycles. The minimum atomic E-state index is 0.111. The normalized spacial score (nSPS) is 12.5. The van der Waals surface area contributed by atoms with Crippen LogP contribution in [0.15, 0.2) is 0 Å². The number of unbranched alkanes of at least 4 members (excludes halogenated alkanes) is 3. The zero-order valence-electron chi connectivity index (χ0n) is 10.2. The Kier molecular flexibility index (Phi) is 9.59. The number of nitrogens with one attached hydrogen (secondary N) is 1. The van der Waals surface area contributed by atoms with Crippen molar-refractivity contribution >= 4 is 5.91 Å². The van der Waals surface area contributed by atoms with Crippen molar-refractivity contribution in [3.05, 3.63) is 0 Å². The van der Waals surface area contributed by atoms with Crippen molar-refractivity contribution < 1.29 is 4.79 Å². The van der Waals surface area contributed by atoms with E-state index in [1.54, 1.807) is 0 Å². The fourth-order valence-corrected chi connectivity index (χ4v) is 1.49. The summed E-state index contributed by atoms with van der Waals surface area (Å²) in [5.41, 5.74) is 5.40. The molecule has 1 unspecified atom stereocenters. The number of nitrogens with two attached hydrogens (primary N) is 1. The van der Waals surface area contributed by atoms with Gasteiger partial charge in [0.2, 0.25) is 5.91 Å². The number of hydrogen-bond acceptors (Lipinski definition) is 2. The van der Waals surface area contributed by atoms with E-state index in [1.165, 1.54) is 19.3 Å². The van der Waals surface area contributed by atoms with Gasteiger partial charge in [-0.05, 0) is 25.8 Å². The summed E-state index contributed by atoms with van der Waals surface area (Å²) in [4.78, 5) is 11.5. The van der Waals surface area contributed by atoms with Gasteiger partial charge in [-0.2, -0.15) is 0 Å². The van der Waals surface area contributed by atoms with E-state index >= 15 is 0 Å². The first kappa shape index (κ1) is 14.4. The Morgan fingerprint density at radius 1 is 1.27 bits per heavy atom. The fourth-order valence-electron chi connectivity index (χ4n) is 1.49. The van der Waals surface area contributed by atoms with E-state index in [-0.39, 0.29) is 11.8 Å². The average molecular weight is 214 g/mol. The SMILES string of the molecule is CCCCCCNC(=O)C(C)CCCN. The molecule has 0 aliphatic heterocycles. The minimum Gasteiger partial charge on any atom is -0.356 e. The molecule has 0 spiro atoms. The third-order valence-corrected chi connectivity index (χ3v) is 2.62. The Hall–Kier alpha value is -0.570. The van der Waals surface area contributed by atoms with Gasteiger partial charge >= 0.3 is 0 Å². The largest absolute Gasteiger partial charge is 0.356 e. The van der Waals surface area contributed by atoms with Crippen LogP contribution in [0.3, 0.4) is 0 Å². The Morgan fingerprint density at radius 3 is 2.60 bits per heavy atom. The number of hydrogen-bond donors (Lipinski definition) is 2. The Balaban J connectivity index is 3.38. The molecule has 0 aliphatic rings. The molecule has 0 fully saturated rings. The van der Waals surface area contributed by atoms with Crippen LogP contribution in [0.1, 0.15) is 52.4 Å². The second-order valence-electron chi connectivity index (χ2n) is 4.18. The highest BCUT2D eigenvalue weighted by atomic mass is 16.1. The van der Waals surface area contributed by atoms with Crippen molar-refractivity contribution in [3.8, 4) is 0 Å². The van der Waals surface area contributed by atoms with Crippen molar-refractivity contribution in [2.75, 3.05) is 13.1 Å². The third kappa shape index (κ3) is 8.43. The second kappa shape index (κ2) is 9.97. The van der Waals surface area contributed by atoms with Crippen LogP contribution in [0.4, 0.5) is 0 Å². The smallest absolute Gasteiger partial charge is 0.222 e. The molecular formula is C12H26N2O. The Bertz CT molecular complexity index is 160. The average Bonchev–Trinajstić information content (AvgIpc) is 2.25. The quantitative estimate of drug-likeness (QED) is 0.577. The van der Waals surface area contributed by atoms with Crippen molar-refractivity contribution in [2.45, 2.75) is 52.4 Å². The summed E-state index contributed by atoms with van der Waals surface area (Å²) in [5, 5.41) is 2.97. The van der Waals surface area contributed by atoms with E-state index < -0.39 is 0 Å². The molecule has 0 rings (SSSR count). The molecule has 1 atom stereocenters. The molecule has 0 aromatic rings. The number of amides is 1. The van der Waals surface area contributed by atoms with Crippen molar-refractivity contribution in [1.29, 1.82) is 0 Å². The summed E-state index contributed by atoms with van der Waals surface area (Å²) in [7, 11) is 0. The van der Waals surface area contributed by atoms with Gasteiger partial charge in [-0.25, -0.2) is 0 Å².